The zero-order valence-electron chi connectivity index (χ0n) is 17.0. The third kappa shape index (κ3) is 4.03. The van der Waals surface area contributed by atoms with Gasteiger partial charge < -0.3 is 15.2 Å². The van der Waals surface area contributed by atoms with Crippen LogP contribution in [-0.4, -0.2) is 34.3 Å². The third-order valence-electron chi connectivity index (χ3n) is 5.66. The summed E-state index contributed by atoms with van der Waals surface area (Å²) in [7, 11) is 0. The minimum absolute atomic E-state index is 0.00178. The van der Waals surface area contributed by atoms with Crippen LogP contribution in [-0.2, 0) is 9.59 Å². The molecule has 0 aliphatic carbocycles. The predicted octanol–water partition coefficient (Wildman–Crippen LogP) is 3.18. The molecule has 2 aromatic carbocycles. The molecule has 1 fully saturated rings. The van der Waals surface area contributed by atoms with Gasteiger partial charge in [-0.3, -0.25) is 9.59 Å². The van der Waals surface area contributed by atoms with Gasteiger partial charge >= 0.3 is 0 Å². The molecule has 2 atom stereocenters. The summed E-state index contributed by atoms with van der Waals surface area (Å²) >= 11 is 0. The Labute approximate surface area is 171 Å². The molecule has 2 N–H and O–H groups in total. The summed E-state index contributed by atoms with van der Waals surface area (Å²) in [4.78, 5) is 26.9. The molecule has 0 saturated carbocycles. The first kappa shape index (κ1) is 19.2. The van der Waals surface area contributed by atoms with Gasteiger partial charge in [-0.2, -0.15) is 0 Å². The topological polar surface area (TPSA) is 64.7 Å². The monoisotopic (exact) mass is 390 g/mol. The molecule has 0 aromatic heterocycles. The number of amides is 2. The van der Waals surface area contributed by atoms with Crippen molar-refractivity contribution in [2.45, 2.75) is 39.3 Å². The molecule has 29 heavy (non-hydrogen) atoms. The number of nitrogens with zero attached hydrogens (tertiary/aromatic N) is 2. The van der Waals surface area contributed by atoms with E-state index in [0.717, 1.165) is 16.8 Å². The van der Waals surface area contributed by atoms with Gasteiger partial charge in [0.25, 0.3) is 5.91 Å². The van der Waals surface area contributed by atoms with E-state index < -0.39 is 0 Å². The van der Waals surface area contributed by atoms with Gasteiger partial charge in [-0.1, -0.05) is 35.9 Å². The van der Waals surface area contributed by atoms with E-state index >= 15 is 0 Å². The van der Waals surface area contributed by atoms with Gasteiger partial charge in [-0.15, -0.1) is 0 Å². The summed E-state index contributed by atoms with van der Waals surface area (Å²) in [6.07, 6.45) is 4.17. The van der Waals surface area contributed by atoms with E-state index in [2.05, 4.69) is 41.9 Å². The maximum absolute atomic E-state index is 12.9. The Kier molecular flexibility index (Phi) is 5.11. The number of benzene rings is 2. The SMILES string of the molecule is Cc1ccc(C2CC3C(=O)N(CC(=O)Nc4ccc(C)c(C)c4)C=CN3N2)cc1. The van der Waals surface area contributed by atoms with E-state index in [1.807, 2.05) is 43.3 Å². The number of hydrogen-bond acceptors (Lipinski definition) is 4. The highest BCUT2D eigenvalue weighted by atomic mass is 16.2. The minimum atomic E-state index is -0.305. The molecule has 2 aromatic rings. The number of carbonyl (C=O) groups is 2. The average Bonchev–Trinajstić information content (AvgIpc) is 3.13. The highest BCUT2D eigenvalue weighted by Crippen LogP contribution is 2.30. The summed E-state index contributed by atoms with van der Waals surface area (Å²) in [5.74, 6) is -0.273. The molecule has 2 heterocycles. The van der Waals surface area contributed by atoms with Crippen LogP contribution in [0.2, 0.25) is 0 Å². The zero-order chi connectivity index (χ0) is 20.5. The van der Waals surface area contributed by atoms with Crippen molar-refractivity contribution in [3.63, 3.8) is 0 Å². The fourth-order valence-corrected chi connectivity index (χ4v) is 3.76. The van der Waals surface area contributed by atoms with Crippen LogP contribution in [0.15, 0.2) is 54.9 Å². The Balaban J connectivity index is 1.39. The molecule has 2 aliphatic heterocycles. The second-order valence-corrected chi connectivity index (χ2v) is 7.86. The molecule has 2 amide bonds. The number of fused-ring (bicyclic) bond motifs is 1. The molecule has 0 radical (unpaired) electrons. The predicted molar refractivity (Wildman–Crippen MR) is 113 cm³/mol. The lowest BCUT2D eigenvalue weighted by atomic mass is 10.00. The van der Waals surface area contributed by atoms with Crippen LogP contribution in [0.5, 0.6) is 0 Å². The molecular formula is C23H26N4O2. The summed E-state index contributed by atoms with van der Waals surface area (Å²) in [5.41, 5.74) is 8.79. The van der Waals surface area contributed by atoms with Crippen LogP contribution in [0, 0.1) is 20.8 Å². The van der Waals surface area contributed by atoms with Gasteiger partial charge in [0.15, 0.2) is 0 Å². The summed E-state index contributed by atoms with van der Waals surface area (Å²) in [5, 5.41) is 4.73. The van der Waals surface area contributed by atoms with Crippen LogP contribution in [0.25, 0.3) is 0 Å². The Morgan fingerprint density at radius 3 is 2.55 bits per heavy atom. The Morgan fingerprint density at radius 2 is 1.83 bits per heavy atom. The smallest absolute Gasteiger partial charge is 0.251 e. The van der Waals surface area contributed by atoms with Crippen molar-refractivity contribution in [1.29, 1.82) is 0 Å². The van der Waals surface area contributed by atoms with Crippen molar-refractivity contribution < 1.29 is 9.59 Å². The van der Waals surface area contributed by atoms with Crippen molar-refractivity contribution >= 4 is 17.5 Å². The number of hydrazine groups is 1. The number of aryl methyl sites for hydroxylation is 3. The fourth-order valence-electron chi connectivity index (χ4n) is 3.76. The molecule has 6 nitrogen and oxygen atoms in total. The Hall–Kier alpha value is -3.12. The normalized spacial score (nSPS) is 20.7. The lowest BCUT2D eigenvalue weighted by Crippen LogP contribution is -2.49. The summed E-state index contributed by atoms with van der Waals surface area (Å²) < 4.78 is 0. The molecule has 0 bridgehead atoms. The van der Waals surface area contributed by atoms with Gasteiger partial charge in [0.2, 0.25) is 5.91 Å². The number of rotatable bonds is 4. The van der Waals surface area contributed by atoms with Crippen molar-refractivity contribution in [3.8, 4) is 0 Å². The lowest BCUT2D eigenvalue weighted by Gasteiger charge is -2.31. The van der Waals surface area contributed by atoms with Crippen molar-refractivity contribution in [1.82, 2.24) is 15.3 Å². The van der Waals surface area contributed by atoms with E-state index in [1.165, 1.54) is 16.0 Å². The van der Waals surface area contributed by atoms with E-state index in [-0.39, 0.29) is 30.4 Å². The lowest BCUT2D eigenvalue weighted by molar-refractivity contribution is -0.137. The van der Waals surface area contributed by atoms with Crippen LogP contribution in [0.4, 0.5) is 5.69 Å². The average molecular weight is 390 g/mol. The van der Waals surface area contributed by atoms with Crippen LogP contribution < -0.4 is 10.7 Å². The van der Waals surface area contributed by atoms with E-state index in [9.17, 15) is 9.59 Å². The number of nitrogens with one attached hydrogen (secondary N) is 2. The van der Waals surface area contributed by atoms with Gasteiger partial charge in [0, 0.05) is 18.1 Å². The Bertz CT molecular complexity index is 967. The first-order valence-corrected chi connectivity index (χ1v) is 9.88. The molecular weight excluding hydrogens is 364 g/mol. The maximum atomic E-state index is 12.9. The van der Waals surface area contributed by atoms with Crippen molar-refractivity contribution in [3.05, 3.63) is 77.1 Å². The quantitative estimate of drug-likeness (QED) is 0.842. The van der Waals surface area contributed by atoms with Gasteiger partial charge in [0.05, 0.1) is 6.04 Å². The standard InChI is InChI=1S/C23H26N4O2/c1-15-4-7-18(8-5-15)20-13-21-23(29)26(10-11-27(21)25-20)14-22(28)24-19-9-6-16(2)17(3)12-19/h4-12,20-21,25H,13-14H2,1-3H3,(H,24,28). The van der Waals surface area contributed by atoms with E-state index in [0.29, 0.717) is 6.42 Å². The van der Waals surface area contributed by atoms with Gasteiger partial charge in [-0.05, 0) is 56.0 Å². The number of hydrogen-bond donors (Lipinski definition) is 2. The summed E-state index contributed by atoms with van der Waals surface area (Å²) in [6.45, 7) is 6.10. The van der Waals surface area contributed by atoms with Gasteiger partial charge in [-0.25, -0.2) is 5.43 Å². The number of anilines is 1. The first-order valence-electron chi connectivity index (χ1n) is 9.88. The maximum Gasteiger partial charge on any atom is 0.251 e. The molecule has 6 heteroatoms. The van der Waals surface area contributed by atoms with E-state index in [4.69, 9.17) is 0 Å². The van der Waals surface area contributed by atoms with Crippen LogP contribution >= 0.6 is 0 Å². The molecule has 0 spiro atoms. The largest absolute Gasteiger partial charge is 0.325 e. The Morgan fingerprint density at radius 1 is 1.07 bits per heavy atom. The third-order valence-corrected chi connectivity index (χ3v) is 5.66. The highest BCUT2D eigenvalue weighted by Gasteiger charge is 2.40. The second kappa shape index (κ2) is 7.72. The van der Waals surface area contributed by atoms with Crippen LogP contribution in [0.3, 0.4) is 0 Å². The fraction of sp³-hybridized carbons (Fsp3) is 0.304. The minimum Gasteiger partial charge on any atom is -0.325 e. The van der Waals surface area contributed by atoms with Crippen molar-refractivity contribution in [2.75, 3.05) is 11.9 Å². The van der Waals surface area contributed by atoms with Gasteiger partial charge in [0.1, 0.15) is 12.6 Å². The highest BCUT2D eigenvalue weighted by molar-refractivity contribution is 5.96. The molecule has 150 valence electrons. The van der Waals surface area contributed by atoms with Crippen molar-refractivity contribution in [2.24, 2.45) is 0 Å². The second-order valence-electron chi connectivity index (χ2n) is 7.86. The molecule has 1 saturated heterocycles. The first-order chi connectivity index (χ1) is 13.9. The molecule has 4 rings (SSSR count). The molecule has 2 aliphatic rings. The zero-order valence-corrected chi connectivity index (χ0v) is 17.0. The number of carbonyl (C=O) groups excluding carboxylic acids is 2. The van der Waals surface area contributed by atoms with E-state index in [1.54, 1.807) is 6.20 Å². The van der Waals surface area contributed by atoms with Crippen LogP contribution in [0.1, 0.15) is 34.7 Å². The summed E-state index contributed by atoms with van der Waals surface area (Å²) in [6, 6.07) is 13.9. The molecule has 2 unspecified atom stereocenters.